The summed E-state index contributed by atoms with van der Waals surface area (Å²) in [6.07, 6.45) is 2.98. The molecular weight excluding hydrogens is 358 g/mol. The molecule has 0 unspecified atom stereocenters. The Morgan fingerprint density at radius 3 is 2.65 bits per heavy atom. The Morgan fingerprint density at radius 2 is 2.04 bits per heavy atom. The Balaban J connectivity index is 2.05. The van der Waals surface area contributed by atoms with Crippen molar-refractivity contribution in [2.45, 2.75) is 52.2 Å². The van der Waals surface area contributed by atoms with E-state index in [2.05, 4.69) is 0 Å². The lowest BCUT2D eigenvalue weighted by Gasteiger charge is -2.33. The van der Waals surface area contributed by atoms with Crippen LogP contribution >= 0.6 is 11.6 Å². The molecule has 1 fully saturated rings. The molecule has 0 aromatic heterocycles. The van der Waals surface area contributed by atoms with Crippen molar-refractivity contribution >= 4 is 23.5 Å². The summed E-state index contributed by atoms with van der Waals surface area (Å²) >= 11 is 6.22. The van der Waals surface area contributed by atoms with Crippen molar-refractivity contribution in [2.24, 2.45) is 0 Å². The van der Waals surface area contributed by atoms with Gasteiger partial charge in [0.25, 0.3) is 5.91 Å². The van der Waals surface area contributed by atoms with Crippen molar-refractivity contribution in [3.63, 3.8) is 0 Å². The minimum atomic E-state index is -0.626. The van der Waals surface area contributed by atoms with Crippen LogP contribution in [0.15, 0.2) is 12.1 Å². The number of carbonyl (C=O) groups excluding carboxylic acids is 2. The Hall–Kier alpha value is -1.95. The van der Waals surface area contributed by atoms with E-state index < -0.39 is 5.97 Å². The maximum atomic E-state index is 12.3. The lowest BCUT2D eigenvalue weighted by molar-refractivity contribution is -0.137. The molecular formula is C19H26ClNO5. The van der Waals surface area contributed by atoms with Crippen LogP contribution < -0.4 is 9.47 Å². The lowest BCUT2D eigenvalue weighted by atomic mass is 10.0. The number of ether oxygens (including phenoxy) is 3. The number of carbonyl (C=O) groups is 2. The second-order valence-corrected chi connectivity index (χ2v) is 7.07. The number of amides is 1. The molecule has 2 rings (SSSR count). The van der Waals surface area contributed by atoms with E-state index in [0.29, 0.717) is 18.0 Å². The largest absolute Gasteiger partial charge is 0.493 e. The fourth-order valence-electron chi connectivity index (χ4n) is 2.95. The topological polar surface area (TPSA) is 65.1 Å². The van der Waals surface area contributed by atoms with Gasteiger partial charge in [-0.2, -0.15) is 0 Å². The van der Waals surface area contributed by atoms with Gasteiger partial charge in [0.15, 0.2) is 18.1 Å². The number of rotatable bonds is 6. The lowest BCUT2D eigenvalue weighted by Crippen LogP contribution is -2.44. The van der Waals surface area contributed by atoms with Crippen molar-refractivity contribution in [3.8, 4) is 11.5 Å². The summed E-state index contributed by atoms with van der Waals surface area (Å²) in [5.41, 5.74) is 0.211. The molecule has 0 spiro atoms. The Labute approximate surface area is 159 Å². The molecule has 0 saturated carbocycles. The Kier molecular flexibility index (Phi) is 7.14. The van der Waals surface area contributed by atoms with Gasteiger partial charge in [-0.3, -0.25) is 4.79 Å². The first-order valence-corrected chi connectivity index (χ1v) is 9.22. The molecule has 6 nitrogen and oxygen atoms in total. The average molecular weight is 384 g/mol. The molecule has 1 atom stereocenters. The van der Waals surface area contributed by atoms with Crippen molar-refractivity contribution in [2.75, 3.05) is 20.3 Å². The molecule has 7 heteroatoms. The molecule has 1 aromatic rings. The highest BCUT2D eigenvalue weighted by Crippen LogP contribution is 2.37. The van der Waals surface area contributed by atoms with E-state index in [-0.39, 0.29) is 35.2 Å². The second-order valence-electron chi connectivity index (χ2n) is 6.66. The molecule has 1 saturated heterocycles. The summed E-state index contributed by atoms with van der Waals surface area (Å²) in [6, 6.07) is 3.13. The van der Waals surface area contributed by atoms with Gasteiger partial charge in [-0.25, -0.2) is 4.79 Å². The molecule has 1 heterocycles. The van der Waals surface area contributed by atoms with Crippen molar-refractivity contribution < 1.29 is 23.8 Å². The first kappa shape index (κ1) is 20.4. The van der Waals surface area contributed by atoms with Gasteiger partial charge in [0, 0.05) is 12.6 Å². The van der Waals surface area contributed by atoms with E-state index in [4.69, 9.17) is 25.8 Å². The maximum absolute atomic E-state index is 12.3. The van der Waals surface area contributed by atoms with Crippen LogP contribution in [0.1, 0.15) is 50.4 Å². The highest BCUT2D eigenvalue weighted by molar-refractivity contribution is 6.32. The third-order valence-electron chi connectivity index (χ3n) is 4.27. The average Bonchev–Trinajstić information content (AvgIpc) is 2.60. The van der Waals surface area contributed by atoms with Crippen LogP contribution in [0.5, 0.6) is 11.5 Å². The van der Waals surface area contributed by atoms with Gasteiger partial charge >= 0.3 is 5.97 Å². The van der Waals surface area contributed by atoms with Gasteiger partial charge < -0.3 is 19.1 Å². The number of hydrogen-bond acceptors (Lipinski definition) is 5. The minimum Gasteiger partial charge on any atom is -0.493 e. The summed E-state index contributed by atoms with van der Waals surface area (Å²) in [7, 11) is 1.47. The number of methoxy groups -OCH3 is 1. The summed E-state index contributed by atoms with van der Waals surface area (Å²) in [4.78, 5) is 26.4. The van der Waals surface area contributed by atoms with Crippen LogP contribution in [-0.2, 0) is 9.53 Å². The monoisotopic (exact) mass is 383 g/mol. The number of piperidine rings is 1. The van der Waals surface area contributed by atoms with Crippen molar-refractivity contribution in [1.29, 1.82) is 0 Å². The Morgan fingerprint density at radius 1 is 1.31 bits per heavy atom. The number of hydrogen-bond donors (Lipinski definition) is 0. The third kappa shape index (κ3) is 5.04. The van der Waals surface area contributed by atoms with Crippen LogP contribution in [-0.4, -0.2) is 49.2 Å². The predicted octanol–water partition coefficient (Wildman–Crippen LogP) is 3.69. The SMILES string of the molecule is COc1cc(C(=O)OCC(=O)N2CCCC[C@@H]2C)cc(Cl)c1OC(C)C. The fraction of sp³-hybridized carbons (Fsp3) is 0.579. The molecule has 1 aromatic carbocycles. The third-order valence-corrected chi connectivity index (χ3v) is 4.55. The van der Waals surface area contributed by atoms with E-state index in [9.17, 15) is 9.59 Å². The van der Waals surface area contributed by atoms with E-state index in [1.54, 1.807) is 4.90 Å². The Bertz CT molecular complexity index is 662. The fourth-order valence-corrected chi connectivity index (χ4v) is 3.21. The van der Waals surface area contributed by atoms with E-state index in [1.807, 2.05) is 20.8 Å². The number of likely N-dealkylation sites (tertiary alicyclic amines) is 1. The van der Waals surface area contributed by atoms with Gasteiger partial charge in [-0.15, -0.1) is 0 Å². The number of nitrogens with zero attached hydrogens (tertiary/aromatic N) is 1. The van der Waals surface area contributed by atoms with Crippen LogP contribution in [0.25, 0.3) is 0 Å². The molecule has 144 valence electrons. The second kappa shape index (κ2) is 9.12. The van der Waals surface area contributed by atoms with Gasteiger partial charge in [0.1, 0.15) is 0 Å². The smallest absolute Gasteiger partial charge is 0.338 e. The van der Waals surface area contributed by atoms with E-state index in [1.165, 1.54) is 19.2 Å². The zero-order valence-corrected chi connectivity index (χ0v) is 16.5. The number of benzene rings is 1. The van der Waals surface area contributed by atoms with Gasteiger partial charge in [-0.1, -0.05) is 11.6 Å². The molecule has 1 amide bonds. The standard InChI is InChI=1S/C19H26ClNO5/c1-12(2)26-18-15(20)9-14(10-16(18)24-4)19(23)25-11-17(22)21-8-6-5-7-13(21)3/h9-10,12-13H,5-8,11H2,1-4H3/t13-/m0/s1. The van der Waals surface area contributed by atoms with Crippen LogP contribution in [0, 0.1) is 0 Å². The van der Waals surface area contributed by atoms with Gasteiger partial charge in [-0.05, 0) is 52.2 Å². The van der Waals surface area contributed by atoms with Gasteiger partial charge in [0.05, 0.1) is 23.8 Å². The first-order valence-electron chi connectivity index (χ1n) is 8.84. The molecule has 1 aliphatic heterocycles. The minimum absolute atomic E-state index is 0.0941. The summed E-state index contributed by atoms with van der Waals surface area (Å²) in [5, 5.41) is 0.251. The summed E-state index contributed by atoms with van der Waals surface area (Å²) in [5.74, 6) is -0.0873. The molecule has 0 aliphatic carbocycles. The molecule has 0 bridgehead atoms. The first-order chi connectivity index (χ1) is 12.3. The zero-order valence-electron chi connectivity index (χ0n) is 15.7. The molecule has 0 N–H and O–H groups in total. The van der Waals surface area contributed by atoms with Gasteiger partial charge in [0.2, 0.25) is 0 Å². The summed E-state index contributed by atoms with van der Waals surface area (Å²) < 4.78 is 16.1. The highest BCUT2D eigenvalue weighted by Gasteiger charge is 2.24. The van der Waals surface area contributed by atoms with Crippen molar-refractivity contribution in [3.05, 3.63) is 22.7 Å². The predicted molar refractivity (Wildman–Crippen MR) is 99.1 cm³/mol. The molecule has 0 radical (unpaired) electrons. The van der Waals surface area contributed by atoms with Crippen LogP contribution in [0.3, 0.4) is 0 Å². The van der Waals surface area contributed by atoms with Crippen molar-refractivity contribution in [1.82, 2.24) is 4.90 Å². The number of halogens is 1. The molecule has 1 aliphatic rings. The van der Waals surface area contributed by atoms with E-state index in [0.717, 1.165) is 19.3 Å². The normalized spacial score (nSPS) is 17.2. The highest BCUT2D eigenvalue weighted by atomic mass is 35.5. The summed E-state index contributed by atoms with van der Waals surface area (Å²) in [6.45, 7) is 6.17. The van der Waals surface area contributed by atoms with Crippen LogP contribution in [0.4, 0.5) is 0 Å². The van der Waals surface area contributed by atoms with Crippen LogP contribution in [0.2, 0.25) is 5.02 Å². The maximum Gasteiger partial charge on any atom is 0.338 e. The van der Waals surface area contributed by atoms with E-state index >= 15 is 0 Å². The zero-order chi connectivity index (χ0) is 19.3. The quantitative estimate of drug-likeness (QED) is 0.701. The number of esters is 1. The molecule has 26 heavy (non-hydrogen) atoms.